The largest absolute Gasteiger partial charge is 0.494 e. The molecule has 3 nitrogen and oxygen atoms in total. The van der Waals surface area contributed by atoms with Crippen molar-refractivity contribution in [3.05, 3.63) is 48.5 Å². The minimum absolute atomic E-state index is 0.648. The lowest BCUT2D eigenvalue weighted by molar-refractivity contribution is 0.340. The molecule has 0 atom stereocenters. The molecule has 2 aromatic rings. The van der Waals surface area contributed by atoms with Gasteiger partial charge in [-0.25, -0.2) is 0 Å². The molecule has 2 aromatic carbocycles. The summed E-state index contributed by atoms with van der Waals surface area (Å²) in [5.74, 6) is 0.820. The first-order valence-electron chi connectivity index (χ1n) is 5.64. The van der Waals surface area contributed by atoms with Crippen molar-refractivity contribution in [1.29, 1.82) is 0 Å². The van der Waals surface area contributed by atoms with E-state index in [1.165, 1.54) is 0 Å². The van der Waals surface area contributed by atoms with E-state index in [2.05, 4.69) is 5.32 Å². The number of hydrogen-bond donors (Lipinski definition) is 2. The number of nitrogens with two attached hydrogens (primary N) is 1. The quantitative estimate of drug-likeness (QED) is 0.788. The van der Waals surface area contributed by atoms with Gasteiger partial charge in [0.1, 0.15) is 5.75 Å². The molecular weight excluding hydrogens is 212 g/mol. The first-order valence-corrected chi connectivity index (χ1v) is 5.64. The molecule has 0 aliphatic rings. The van der Waals surface area contributed by atoms with Crippen molar-refractivity contribution in [2.75, 3.05) is 17.7 Å². The molecule has 3 N–H and O–H groups in total. The topological polar surface area (TPSA) is 47.3 Å². The summed E-state index contributed by atoms with van der Waals surface area (Å²) in [5.41, 5.74) is 8.49. The standard InChI is InChI=1S/C14H16N2O/c1-2-17-12-8-9-13(15)14(10-12)16-11-6-4-3-5-7-11/h3-10,16H,2,15H2,1H3. The molecule has 0 radical (unpaired) electrons. The molecule has 0 fully saturated rings. The lowest BCUT2D eigenvalue weighted by atomic mass is 10.2. The van der Waals surface area contributed by atoms with E-state index in [-0.39, 0.29) is 0 Å². The van der Waals surface area contributed by atoms with Crippen molar-refractivity contribution in [1.82, 2.24) is 0 Å². The molecular formula is C14H16N2O. The highest BCUT2D eigenvalue weighted by Crippen LogP contribution is 2.27. The predicted molar refractivity (Wildman–Crippen MR) is 71.7 cm³/mol. The van der Waals surface area contributed by atoms with Gasteiger partial charge in [0.05, 0.1) is 18.0 Å². The zero-order valence-corrected chi connectivity index (χ0v) is 9.81. The molecule has 0 amide bonds. The van der Waals surface area contributed by atoms with Gasteiger partial charge in [-0.2, -0.15) is 0 Å². The van der Waals surface area contributed by atoms with Gasteiger partial charge in [0, 0.05) is 11.8 Å². The number of anilines is 3. The van der Waals surface area contributed by atoms with Crippen LogP contribution >= 0.6 is 0 Å². The average molecular weight is 228 g/mol. The molecule has 0 aromatic heterocycles. The maximum atomic E-state index is 5.92. The second kappa shape index (κ2) is 5.25. The zero-order chi connectivity index (χ0) is 12.1. The molecule has 0 saturated carbocycles. The predicted octanol–water partition coefficient (Wildman–Crippen LogP) is 3.41. The normalized spacial score (nSPS) is 9.94. The van der Waals surface area contributed by atoms with Crippen molar-refractivity contribution >= 4 is 17.1 Å². The molecule has 0 saturated heterocycles. The van der Waals surface area contributed by atoms with Gasteiger partial charge in [-0.15, -0.1) is 0 Å². The van der Waals surface area contributed by atoms with Crippen LogP contribution in [0.1, 0.15) is 6.92 Å². The summed E-state index contributed by atoms with van der Waals surface area (Å²) >= 11 is 0. The van der Waals surface area contributed by atoms with Crippen molar-refractivity contribution < 1.29 is 4.74 Å². The van der Waals surface area contributed by atoms with Crippen LogP contribution in [0.3, 0.4) is 0 Å². The van der Waals surface area contributed by atoms with Gasteiger partial charge >= 0.3 is 0 Å². The van der Waals surface area contributed by atoms with E-state index in [4.69, 9.17) is 10.5 Å². The maximum Gasteiger partial charge on any atom is 0.121 e. The lowest BCUT2D eigenvalue weighted by Gasteiger charge is -2.11. The first kappa shape index (κ1) is 11.3. The number of nitrogens with one attached hydrogen (secondary N) is 1. The summed E-state index contributed by atoms with van der Waals surface area (Å²) in [6.45, 7) is 2.61. The Morgan fingerprint density at radius 3 is 2.59 bits per heavy atom. The van der Waals surface area contributed by atoms with Crippen molar-refractivity contribution in [2.45, 2.75) is 6.92 Å². The van der Waals surface area contributed by atoms with Crippen LogP contribution in [0.4, 0.5) is 17.1 Å². The fourth-order valence-corrected chi connectivity index (χ4v) is 1.58. The number of nitrogen functional groups attached to an aromatic ring is 1. The highest BCUT2D eigenvalue weighted by molar-refractivity contribution is 5.73. The third kappa shape index (κ3) is 2.91. The summed E-state index contributed by atoms with van der Waals surface area (Å²) in [7, 11) is 0. The molecule has 2 rings (SSSR count). The van der Waals surface area contributed by atoms with E-state index in [0.29, 0.717) is 12.3 Å². The fourth-order valence-electron chi connectivity index (χ4n) is 1.58. The minimum atomic E-state index is 0.648. The Balaban J connectivity index is 2.22. The Labute approximate surface area is 101 Å². The Morgan fingerprint density at radius 2 is 1.88 bits per heavy atom. The second-order valence-electron chi connectivity index (χ2n) is 3.67. The summed E-state index contributed by atoms with van der Waals surface area (Å²) in [5, 5.41) is 3.27. The molecule has 88 valence electrons. The Hall–Kier alpha value is -2.16. The molecule has 0 unspecified atom stereocenters. The van der Waals surface area contributed by atoms with Crippen LogP contribution in [0.5, 0.6) is 5.75 Å². The van der Waals surface area contributed by atoms with Crippen molar-refractivity contribution in [3.8, 4) is 5.75 Å². The van der Waals surface area contributed by atoms with Crippen molar-refractivity contribution in [3.63, 3.8) is 0 Å². The van der Waals surface area contributed by atoms with Crippen LogP contribution in [0.15, 0.2) is 48.5 Å². The highest BCUT2D eigenvalue weighted by Gasteiger charge is 2.02. The summed E-state index contributed by atoms with van der Waals surface area (Å²) in [6.07, 6.45) is 0. The molecule has 0 heterocycles. The van der Waals surface area contributed by atoms with Gasteiger partial charge < -0.3 is 15.8 Å². The van der Waals surface area contributed by atoms with E-state index in [1.54, 1.807) is 0 Å². The third-order valence-electron chi connectivity index (χ3n) is 2.39. The number of para-hydroxylation sites is 1. The summed E-state index contributed by atoms with van der Waals surface area (Å²) in [6, 6.07) is 15.5. The maximum absolute atomic E-state index is 5.92. The number of benzene rings is 2. The number of ether oxygens (including phenoxy) is 1. The van der Waals surface area contributed by atoms with Gasteiger partial charge in [-0.1, -0.05) is 18.2 Å². The van der Waals surface area contributed by atoms with E-state index in [1.807, 2.05) is 55.5 Å². The monoisotopic (exact) mass is 228 g/mol. The molecule has 0 aliphatic heterocycles. The third-order valence-corrected chi connectivity index (χ3v) is 2.39. The zero-order valence-electron chi connectivity index (χ0n) is 9.81. The highest BCUT2D eigenvalue weighted by atomic mass is 16.5. The lowest BCUT2D eigenvalue weighted by Crippen LogP contribution is -1.98. The molecule has 0 bridgehead atoms. The van der Waals surface area contributed by atoms with Gasteiger partial charge in [-0.3, -0.25) is 0 Å². The summed E-state index contributed by atoms with van der Waals surface area (Å²) in [4.78, 5) is 0. The molecule has 0 aliphatic carbocycles. The SMILES string of the molecule is CCOc1ccc(N)c(Nc2ccccc2)c1. The van der Waals surface area contributed by atoms with Gasteiger partial charge in [-0.05, 0) is 31.2 Å². The van der Waals surface area contributed by atoms with E-state index < -0.39 is 0 Å². The fraction of sp³-hybridized carbons (Fsp3) is 0.143. The van der Waals surface area contributed by atoms with Crippen LogP contribution in [-0.4, -0.2) is 6.61 Å². The van der Waals surface area contributed by atoms with Gasteiger partial charge in [0.25, 0.3) is 0 Å². The smallest absolute Gasteiger partial charge is 0.121 e. The van der Waals surface area contributed by atoms with Gasteiger partial charge in [0.2, 0.25) is 0 Å². The van der Waals surface area contributed by atoms with Crippen LogP contribution in [-0.2, 0) is 0 Å². The molecule has 0 spiro atoms. The van der Waals surface area contributed by atoms with Crippen LogP contribution in [0.2, 0.25) is 0 Å². The first-order chi connectivity index (χ1) is 8.29. The van der Waals surface area contributed by atoms with E-state index in [0.717, 1.165) is 17.1 Å². The Bertz CT molecular complexity index is 483. The molecule has 3 heteroatoms. The Kier molecular flexibility index (Phi) is 3.50. The number of hydrogen-bond acceptors (Lipinski definition) is 3. The number of rotatable bonds is 4. The molecule has 17 heavy (non-hydrogen) atoms. The summed E-state index contributed by atoms with van der Waals surface area (Å²) < 4.78 is 5.44. The minimum Gasteiger partial charge on any atom is -0.494 e. The van der Waals surface area contributed by atoms with Crippen LogP contribution in [0.25, 0.3) is 0 Å². The Morgan fingerprint density at radius 1 is 1.12 bits per heavy atom. The van der Waals surface area contributed by atoms with Crippen molar-refractivity contribution in [2.24, 2.45) is 0 Å². The second-order valence-corrected chi connectivity index (χ2v) is 3.67. The van der Waals surface area contributed by atoms with Gasteiger partial charge in [0.15, 0.2) is 0 Å². The van der Waals surface area contributed by atoms with Crippen LogP contribution < -0.4 is 15.8 Å². The van der Waals surface area contributed by atoms with E-state index >= 15 is 0 Å². The van der Waals surface area contributed by atoms with Crippen LogP contribution in [0, 0.1) is 0 Å². The van der Waals surface area contributed by atoms with E-state index in [9.17, 15) is 0 Å². The average Bonchev–Trinajstić information content (AvgIpc) is 2.35.